The molecule has 35 heavy (non-hydrogen) atoms. The zero-order valence-electron chi connectivity index (χ0n) is 18.5. The molecule has 0 aliphatic rings. The van der Waals surface area contributed by atoms with Gasteiger partial charge in [0.05, 0.1) is 19.0 Å². The number of phenolic OH excluding ortho intramolecular Hbond substituents is 1. The van der Waals surface area contributed by atoms with Crippen LogP contribution in [-0.2, 0) is 6.54 Å². The van der Waals surface area contributed by atoms with Crippen molar-refractivity contribution in [2.24, 2.45) is 0 Å². The topological polar surface area (TPSA) is 130 Å². The van der Waals surface area contributed by atoms with Crippen LogP contribution in [0.5, 0.6) is 11.5 Å². The second kappa shape index (κ2) is 10.6. The van der Waals surface area contributed by atoms with E-state index >= 15 is 0 Å². The molecule has 0 bridgehead atoms. The van der Waals surface area contributed by atoms with Crippen molar-refractivity contribution in [2.45, 2.75) is 6.54 Å². The third-order valence-electron chi connectivity index (χ3n) is 4.91. The van der Waals surface area contributed by atoms with Gasteiger partial charge in [-0.25, -0.2) is 9.48 Å². The molecule has 0 unspecified atom stereocenters. The predicted octanol–water partition coefficient (Wildman–Crippen LogP) is 4.21. The van der Waals surface area contributed by atoms with Gasteiger partial charge in [0, 0.05) is 22.8 Å². The molecule has 0 saturated carbocycles. The fourth-order valence-electron chi connectivity index (χ4n) is 3.17. The first-order chi connectivity index (χ1) is 16.9. The number of anilines is 2. The Kier molecular flexibility index (Phi) is 7.12. The Morgan fingerprint density at radius 3 is 2.63 bits per heavy atom. The quantitative estimate of drug-likeness (QED) is 0.306. The lowest BCUT2D eigenvalue weighted by molar-refractivity contribution is 0.0951. The number of aromatic hydroxyl groups is 1. The highest BCUT2D eigenvalue weighted by molar-refractivity contribution is 6.30. The molecule has 3 aromatic carbocycles. The number of carbonyl (C=O) groups excluding carboxylic acids is 2. The summed E-state index contributed by atoms with van der Waals surface area (Å²) >= 11 is 5.89. The van der Waals surface area contributed by atoms with Gasteiger partial charge in [0.25, 0.3) is 5.91 Å². The Morgan fingerprint density at radius 1 is 1.06 bits per heavy atom. The highest BCUT2D eigenvalue weighted by Gasteiger charge is 2.11. The average molecular weight is 493 g/mol. The number of phenols is 1. The maximum absolute atomic E-state index is 12.6. The highest BCUT2D eigenvalue weighted by atomic mass is 35.5. The minimum Gasteiger partial charge on any atom is -0.504 e. The van der Waals surface area contributed by atoms with Crippen LogP contribution in [0.3, 0.4) is 0 Å². The van der Waals surface area contributed by atoms with Gasteiger partial charge in [-0.05, 0) is 60.2 Å². The number of halogens is 1. The van der Waals surface area contributed by atoms with Crippen molar-refractivity contribution in [3.63, 3.8) is 0 Å². The number of hydrogen-bond donors (Lipinski definition) is 4. The Labute approximate surface area is 205 Å². The van der Waals surface area contributed by atoms with Gasteiger partial charge in [0.1, 0.15) is 0 Å². The molecule has 1 heterocycles. The van der Waals surface area contributed by atoms with Gasteiger partial charge in [-0.3, -0.25) is 10.1 Å². The van der Waals surface area contributed by atoms with Crippen LogP contribution in [0.4, 0.5) is 16.3 Å². The lowest BCUT2D eigenvalue weighted by atomic mass is 10.1. The maximum Gasteiger partial charge on any atom is 0.324 e. The van der Waals surface area contributed by atoms with Crippen molar-refractivity contribution in [3.05, 3.63) is 89.1 Å². The van der Waals surface area contributed by atoms with E-state index in [1.807, 2.05) is 0 Å². The predicted molar refractivity (Wildman–Crippen MR) is 131 cm³/mol. The summed E-state index contributed by atoms with van der Waals surface area (Å²) in [5.41, 5.74) is 2.28. The van der Waals surface area contributed by atoms with Crippen LogP contribution < -0.4 is 20.7 Å². The molecule has 0 aliphatic carbocycles. The van der Waals surface area contributed by atoms with Crippen molar-refractivity contribution >= 4 is 35.0 Å². The number of nitrogens with one attached hydrogen (secondary N) is 3. The molecular weight excluding hydrogens is 472 g/mol. The first kappa shape index (κ1) is 23.6. The van der Waals surface area contributed by atoms with Gasteiger partial charge < -0.3 is 20.5 Å². The standard InChI is InChI=1S/C24H21ClN6O4/c1-35-21-11-15(5-10-20(21)32)13-26-23(33)16-3-2-4-18(12-16)27-24(34)28-22-14-31(30-29-22)19-8-6-17(25)7-9-19/h2-12,14,32H,13H2,1H3,(H,26,33)(H2,27,28,34). The number of rotatable bonds is 7. The molecule has 11 heteroatoms. The number of aromatic nitrogens is 3. The van der Waals surface area contributed by atoms with E-state index in [9.17, 15) is 14.7 Å². The van der Waals surface area contributed by atoms with E-state index in [4.69, 9.17) is 16.3 Å². The van der Waals surface area contributed by atoms with Gasteiger partial charge in [0.15, 0.2) is 17.3 Å². The minimum atomic E-state index is -0.540. The number of benzene rings is 3. The van der Waals surface area contributed by atoms with Crippen molar-refractivity contribution < 1.29 is 19.4 Å². The van der Waals surface area contributed by atoms with E-state index in [2.05, 4.69) is 26.3 Å². The molecule has 178 valence electrons. The molecular formula is C24H21ClN6O4. The lowest BCUT2D eigenvalue weighted by Crippen LogP contribution is -2.23. The van der Waals surface area contributed by atoms with Gasteiger partial charge in [0.2, 0.25) is 0 Å². The van der Waals surface area contributed by atoms with Crippen molar-refractivity contribution in [2.75, 3.05) is 17.7 Å². The number of nitrogens with zero attached hydrogens (tertiary/aromatic N) is 3. The summed E-state index contributed by atoms with van der Waals surface area (Å²) < 4.78 is 6.58. The van der Waals surface area contributed by atoms with E-state index in [1.165, 1.54) is 17.9 Å². The molecule has 0 radical (unpaired) electrons. The second-order valence-electron chi connectivity index (χ2n) is 7.37. The molecule has 1 aromatic heterocycles. The molecule has 0 saturated heterocycles. The molecule has 0 aliphatic heterocycles. The Morgan fingerprint density at radius 2 is 1.86 bits per heavy atom. The maximum atomic E-state index is 12.6. The van der Waals surface area contributed by atoms with E-state index in [-0.39, 0.29) is 24.0 Å². The number of hydrogen-bond acceptors (Lipinski definition) is 6. The summed E-state index contributed by atoms with van der Waals surface area (Å²) in [5, 5.41) is 26.3. The van der Waals surface area contributed by atoms with Crippen LogP contribution in [0.2, 0.25) is 5.02 Å². The SMILES string of the molecule is COc1cc(CNC(=O)c2cccc(NC(=O)Nc3cn(-c4ccc(Cl)cc4)nn3)c2)ccc1O. The zero-order chi connectivity index (χ0) is 24.8. The van der Waals surface area contributed by atoms with Crippen LogP contribution >= 0.6 is 11.6 Å². The summed E-state index contributed by atoms with van der Waals surface area (Å²) in [6.45, 7) is 0.233. The number of ether oxygens (including phenoxy) is 1. The first-order valence-corrected chi connectivity index (χ1v) is 10.8. The molecule has 4 rings (SSSR count). The van der Waals surface area contributed by atoms with Crippen LogP contribution in [0, 0.1) is 0 Å². The van der Waals surface area contributed by atoms with Gasteiger partial charge in [-0.2, -0.15) is 0 Å². The molecule has 4 aromatic rings. The summed E-state index contributed by atoms with van der Waals surface area (Å²) in [6.07, 6.45) is 1.56. The third-order valence-corrected chi connectivity index (χ3v) is 5.16. The van der Waals surface area contributed by atoms with Gasteiger partial charge in [-0.15, -0.1) is 5.10 Å². The van der Waals surface area contributed by atoms with Gasteiger partial charge >= 0.3 is 6.03 Å². The summed E-state index contributed by atoms with van der Waals surface area (Å²) in [4.78, 5) is 25.0. The van der Waals surface area contributed by atoms with E-state index in [0.29, 0.717) is 22.0 Å². The molecule has 4 N–H and O–H groups in total. The highest BCUT2D eigenvalue weighted by Crippen LogP contribution is 2.26. The largest absolute Gasteiger partial charge is 0.504 e. The number of amides is 3. The van der Waals surface area contributed by atoms with Crippen molar-refractivity contribution in [1.29, 1.82) is 0 Å². The molecule has 3 amide bonds. The summed E-state index contributed by atoms with van der Waals surface area (Å²) in [6, 6.07) is 17.8. The number of carbonyl (C=O) groups is 2. The molecule has 10 nitrogen and oxygen atoms in total. The third kappa shape index (κ3) is 6.06. The van der Waals surface area contributed by atoms with Crippen LogP contribution in [0.1, 0.15) is 15.9 Å². The van der Waals surface area contributed by atoms with E-state index in [0.717, 1.165) is 11.3 Å². The van der Waals surface area contributed by atoms with E-state index < -0.39 is 6.03 Å². The average Bonchev–Trinajstić information content (AvgIpc) is 3.32. The Hall–Kier alpha value is -4.57. The molecule has 0 fully saturated rings. The Bertz CT molecular complexity index is 1360. The van der Waals surface area contributed by atoms with Crippen molar-refractivity contribution in [3.8, 4) is 17.2 Å². The normalized spacial score (nSPS) is 10.5. The van der Waals surface area contributed by atoms with Crippen LogP contribution in [0.15, 0.2) is 72.9 Å². The van der Waals surface area contributed by atoms with Crippen molar-refractivity contribution in [1.82, 2.24) is 20.3 Å². The molecule has 0 atom stereocenters. The monoisotopic (exact) mass is 492 g/mol. The Balaban J connectivity index is 1.34. The summed E-state index contributed by atoms with van der Waals surface area (Å²) in [7, 11) is 1.45. The minimum absolute atomic E-state index is 0.0205. The first-order valence-electron chi connectivity index (χ1n) is 10.4. The fraction of sp³-hybridized carbons (Fsp3) is 0.0833. The second-order valence-corrected chi connectivity index (χ2v) is 7.81. The fourth-order valence-corrected chi connectivity index (χ4v) is 3.30. The lowest BCUT2D eigenvalue weighted by Gasteiger charge is -2.10. The molecule has 0 spiro atoms. The van der Waals surface area contributed by atoms with E-state index in [1.54, 1.807) is 66.9 Å². The zero-order valence-corrected chi connectivity index (χ0v) is 19.3. The summed E-state index contributed by atoms with van der Waals surface area (Å²) in [5.74, 6) is 0.261. The number of urea groups is 1. The smallest absolute Gasteiger partial charge is 0.324 e. The number of methoxy groups -OCH3 is 1. The van der Waals surface area contributed by atoms with Crippen LogP contribution in [0.25, 0.3) is 5.69 Å². The van der Waals surface area contributed by atoms with Gasteiger partial charge in [-0.1, -0.05) is 28.9 Å². The van der Waals surface area contributed by atoms with Crippen LogP contribution in [-0.4, -0.2) is 39.1 Å².